The number of carbonyl (C=O) groups is 1. The highest BCUT2D eigenvalue weighted by molar-refractivity contribution is 5.78. The highest BCUT2D eigenvalue weighted by Gasteiger charge is 1.83. The van der Waals surface area contributed by atoms with Crippen LogP contribution in [-0.2, 0) is 4.79 Å². The van der Waals surface area contributed by atoms with Gasteiger partial charge in [0.2, 0.25) is 0 Å². The minimum atomic E-state index is -0.981. The van der Waals surface area contributed by atoms with E-state index in [0.717, 1.165) is 6.08 Å². The van der Waals surface area contributed by atoms with Crippen molar-refractivity contribution in [1.82, 2.24) is 0 Å². The van der Waals surface area contributed by atoms with Gasteiger partial charge in [0.25, 0.3) is 0 Å². The van der Waals surface area contributed by atoms with Gasteiger partial charge >= 0.3 is 5.97 Å². The molecule has 0 radical (unpaired) electrons. The van der Waals surface area contributed by atoms with E-state index in [1.54, 1.807) is 6.08 Å². The van der Waals surface area contributed by atoms with Crippen LogP contribution in [0.15, 0.2) is 25.3 Å². The molecule has 0 aliphatic rings. The lowest BCUT2D eigenvalue weighted by atomic mass is 10.5. The zero-order valence-electron chi connectivity index (χ0n) is 8.10. The average molecular weight is 190 g/mol. The monoisotopic (exact) mass is 190 g/mol. The molecule has 3 N–H and O–H groups in total. The molecule has 4 nitrogen and oxygen atoms in total. The Labute approximate surface area is 78.8 Å². The molecule has 0 saturated carbocycles. The Hall–Kier alpha value is -1.13. The van der Waals surface area contributed by atoms with Crippen LogP contribution in [0.1, 0.15) is 13.8 Å². The predicted octanol–water partition coefficient (Wildman–Crippen LogP) is 0.809. The molecule has 0 heterocycles. The quantitative estimate of drug-likeness (QED) is 0.445. The molecule has 78 valence electrons. The first kappa shape index (κ1) is 17.8. The summed E-state index contributed by atoms with van der Waals surface area (Å²) in [5.41, 5.74) is 0. The Kier molecular flexibility index (Phi) is 23.4. The summed E-state index contributed by atoms with van der Waals surface area (Å²) in [6.07, 6.45) is 2.02. The molecule has 13 heavy (non-hydrogen) atoms. The molecule has 1 unspecified atom stereocenters. The van der Waals surface area contributed by atoms with Crippen molar-refractivity contribution < 1.29 is 20.1 Å². The van der Waals surface area contributed by atoms with Crippen LogP contribution in [0.4, 0.5) is 0 Å². The van der Waals surface area contributed by atoms with Crippen molar-refractivity contribution in [3.63, 3.8) is 0 Å². The molecule has 0 aromatic carbocycles. The Balaban J connectivity index is -0.000000120. The van der Waals surface area contributed by atoms with Gasteiger partial charge in [0, 0.05) is 6.08 Å². The fraction of sp³-hybridized carbons (Fsp3) is 0.444. The van der Waals surface area contributed by atoms with E-state index >= 15 is 0 Å². The molecule has 0 bridgehead atoms. The topological polar surface area (TPSA) is 77.8 Å². The number of aliphatic carboxylic acids is 1. The fourth-order valence-electron chi connectivity index (χ4n) is 0. The molecule has 0 fully saturated rings. The summed E-state index contributed by atoms with van der Waals surface area (Å²) >= 11 is 0. The number of hydrogen-bond donors (Lipinski definition) is 3. The third-order valence-electron chi connectivity index (χ3n) is 0.439. The maximum absolute atomic E-state index is 9.25. The van der Waals surface area contributed by atoms with Crippen molar-refractivity contribution in [2.45, 2.75) is 20.0 Å². The summed E-state index contributed by atoms with van der Waals surface area (Å²) in [6, 6.07) is 0. The molecule has 4 heteroatoms. The zero-order valence-corrected chi connectivity index (χ0v) is 8.10. The first-order valence-electron chi connectivity index (χ1n) is 3.67. The van der Waals surface area contributed by atoms with Crippen molar-refractivity contribution in [1.29, 1.82) is 0 Å². The minimum Gasteiger partial charge on any atom is -0.478 e. The Morgan fingerprint density at radius 2 is 1.69 bits per heavy atom. The average Bonchev–Trinajstić information content (AvgIpc) is 2.07. The van der Waals surface area contributed by atoms with Gasteiger partial charge in [0.05, 0.1) is 12.7 Å². The van der Waals surface area contributed by atoms with E-state index in [-0.39, 0.29) is 6.61 Å². The van der Waals surface area contributed by atoms with Crippen LogP contribution < -0.4 is 0 Å². The van der Waals surface area contributed by atoms with E-state index in [1.807, 2.05) is 6.92 Å². The van der Waals surface area contributed by atoms with E-state index in [2.05, 4.69) is 13.2 Å². The molecular weight excluding hydrogens is 172 g/mol. The second-order valence-corrected chi connectivity index (χ2v) is 1.98. The molecule has 1 atom stereocenters. The number of carboxylic acids is 1. The van der Waals surface area contributed by atoms with Gasteiger partial charge in [-0.15, -0.1) is 6.58 Å². The fourth-order valence-corrected chi connectivity index (χ4v) is 0. The normalized spacial score (nSPS) is 9.23. The van der Waals surface area contributed by atoms with Crippen molar-refractivity contribution in [2.75, 3.05) is 6.61 Å². The predicted molar refractivity (Wildman–Crippen MR) is 52.5 cm³/mol. The minimum absolute atomic E-state index is 0.139. The van der Waals surface area contributed by atoms with E-state index < -0.39 is 12.1 Å². The first-order valence-corrected chi connectivity index (χ1v) is 3.67. The zero-order chi connectivity index (χ0) is 11.3. The van der Waals surface area contributed by atoms with E-state index in [1.165, 1.54) is 6.92 Å². The summed E-state index contributed by atoms with van der Waals surface area (Å²) in [6.45, 7) is 9.60. The van der Waals surface area contributed by atoms with Crippen LogP contribution in [0.5, 0.6) is 0 Å². The molecular formula is C9H18O4. The van der Waals surface area contributed by atoms with Crippen LogP contribution >= 0.6 is 0 Å². The standard InChI is InChI=1S/C3H8O2.C3H4O2.C3H6/c1-3(5)2-4;1-2-3(4)5;1-3-2/h3-5H,2H2,1H3;2H,1H2,(H,4,5);3H,1H2,2H3. The van der Waals surface area contributed by atoms with Crippen LogP contribution in [0, 0.1) is 0 Å². The number of hydrogen-bond acceptors (Lipinski definition) is 3. The van der Waals surface area contributed by atoms with Crippen LogP contribution in [-0.4, -0.2) is 34.0 Å². The van der Waals surface area contributed by atoms with Crippen molar-refractivity contribution in [3.8, 4) is 0 Å². The Morgan fingerprint density at radius 1 is 1.54 bits per heavy atom. The second kappa shape index (κ2) is 17.1. The van der Waals surface area contributed by atoms with E-state index in [0.29, 0.717) is 0 Å². The SMILES string of the molecule is C=CC.C=CC(=O)O.CC(O)CO. The van der Waals surface area contributed by atoms with Crippen LogP contribution in [0.3, 0.4) is 0 Å². The van der Waals surface area contributed by atoms with Gasteiger partial charge in [-0.05, 0) is 13.8 Å². The van der Waals surface area contributed by atoms with Crippen molar-refractivity contribution >= 4 is 5.97 Å². The molecule has 0 aromatic heterocycles. The molecule has 0 aliphatic heterocycles. The largest absolute Gasteiger partial charge is 0.478 e. The van der Waals surface area contributed by atoms with E-state index in [9.17, 15) is 4.79 Å². The Morgan fingerprint density at radius 3 is 1.69 bits per heavy atom. The van der Waals surface area contributed by atoms with E-state index in [4.69, 9.17) is 15.3 Å². The summed E-state index contributed by atoms with van der Waals surface area (Å²) < 4.78 is 0. The lowest BCUT2D eigenvalue weighted by molar-refractivity contribution is -0.131. The number of aliphatic hydroxyl groups is 2. The van der Waals surface area contributed by atoms with Crippen molar-refractivity contribution in [2.24, 2.45) is 0 Å². The second-order valence-electron chi connectivity index (χ2n) is 1.98. The summed E-state index contributed by atoms with van der Waals surface area (Å²) in [5, 5.41) is 23.6. The number of rotatable bonds is 2. The highest BCUT2D eigenvalue weighted by Crippen LogP contribution is 1.68. The van der Waals surface area contributed by atoms with Crippen LogP contribution in [0.25, 0.3) is 0 Å². The molecule has 0 rings (SSSR count). The molecule has 0 aromatic rings. The summed E-state index contributed by atoms with van der Waals surface area (Å²) in [5.74, 6) is -0.981. The number of carboxylic acid groups (broad SMARTS) is 1. The van der Waals surface area contributed by atoms with Gasteiger partial charge < -0.3 is 15.3 Å². The van der Waals surface area contributed by atoms with Crippen molar-refractivity contribution in [3.05, 3.63) is 25.3 Å². The van der Waals surface area contributed by atoms with Gasteiger partial charge in [-0.25, -0.2) is 4.79 Å². The number of allylic oxidation sites excluding steroid dienone is 1. The van der Waals surface area contributed by atoms with Gasteiger partial charge in [-0.2, -0.15) is 0 Å². The number of aliphatic hydroxyl groups excluding tert-OH is 2. The third kappa shape index (κ3) is 104. The molecule has 0 saturated heterocycles. The molecule has 0 amide bonds. The maximum atomic E-state index is 9.25. The van der Waals surface area contributed by atoms with Crippen LogP contribution in [0.2, 0.25) is 0 Å². The van der Waals surface area contributed by atoms with Gasteiger partial charge in [0.15, 0.2) is 0 Å². The lowest BCUT2D eigenvalue weighted by Gasteiger charge is -1.90. The third-order valence-corrected chi connectivity index (χ3v) is 0.439. The van der Waals surface area contributed by atoms with Gasteiger partial charge in [-0.3, -0.25) is 0 Å². The lowest BCUT2D eigenvalue weighted by Crippen LogP contribution is -2.03. The summed E-state index contributed by atoms with van der Waals surface area (Å²) in [7, 11) is 0. The maximum Gasteiger partial charge on any atom is 0.327 e. The highest BCUT2D eigenvalue weighted by atomic mass is 16.4. The summed E-state index contributed by atoms with van der Waals surface area (Å²) in [4.78, 5) is 9.25. The molecule has 0 spiro atoms. The molecule has 0 aliphatic carbocycles. The van der Waals surface area contributed by atoms with Gasteiger partial charge in [0.1, 0.15) is 0 Å². The Bertz CT molecular complexity index is 130. The van der Waals surface area contributed by atoms with Gasteiger partial charge in [-0.1, -0.05) is 12.7 Å². The smallest absolute Gasteiger partial charge is 0.327 e. The first-order chi connectivity index (χ1) is 5.95.